The van der Waals surface area contributed by atoms with Crippen LogP contribution in [0.4, 0.5) is 0 Å². The first-order chi connectivity index (χ1) is 10.0. The molecule has 1 aromatic heterocycles. The second kappa shape index (κ2) is 6.76. The van der Waals surface area contributed by atoms with Crippen molar-refractivity contribution in [3.63, 3.8) is 0 Å². The van der Waals surface area contributed by atoms with Gasteiger partial charge in [0.2, 0.25) is 5.91 Å². The second-order valence-electron chi connectivity index (χ2n) is 5.84. The lowest BCUT2D eigenvalue weighted by atomic mass is 9.96. The van der Waals surface area contributed by atoms with Crippen molar-refractivity contribution in [1.82, 2.24) is 9.88 Å². The highest BCUT2D eigenvalue weighted by molar-refractivity contribution is 5.85. The Labute approximate surface area is 126 Å². The molecule has 0 aliphatic rings. The van der Waals surface area contributed by atoms with E-state index in [-0.39, 0.29) is 5.91 Å². The number of carbonyl (C=O) groups is 1. The van der Waals surface area contributed by atoms with Crippen LogP contribution < -0.4 is 11.1 Å². The zero-order chi connectivity index (χ0) is 15.3. The van der Waals surface area contributed by atoms with E-state index in [2.05, 4.69) is 34.3 Å². The van der Waals surface area contributed by atoms with Crippen LogP contribution in [-0.2, 0) is 11.3 Å². The van der Waals surface area contributed by atoms with Crippen molar-refractivity contribution < 1.29 is 4.79 Å². The molecule has 0 radical (unpaired) electrons. The molecule has 2 aromatic rings. The minimum Gasteiger partial charge on any atom is -0.354 e. The summed E-state index contributed by atoms with van der Waals surface area (Å²) < 4.78 is 2.22. The quantitative estimate of drug-likeness (QED) is 0.769. The van der Waals surface area contributed by atoms with Gasteiger partial charge in [0.25, 0.3) is 0 Å². The maximum atomic E-state index is 12.0. The van der Waals surface area contributed by atoms with Crippen molar-refractivity contribution >= 4 is 16.8 Å². The third kappa shape index (κ3) is 3.85. The van der Waals surface area contributed by atoms with Crippen LogP contribution in [0.1, 0.15) is 33.1 Å². The SMILES string of the molecule is CCCC(C)(N)C(=O)NCCCn1ccc2ccccc21. The standard InChI is InChI=1S/C17H25N3O/c1-3-10-17(2,18)16(21)19-11-6-12-20-13-9-14-7-4-5-8-15(14)20/h4-5,7-9,13H,3,6,10-12,18H2,1-2H3,(H,19,21). The number of aromatic nitrogens is 1. The molecule has 0 bridgehead atoms. The van der Waals surface area contributed by atoms with Gasteiger partial charge in [0.15, 0.2) is 0 Å². The van der Waals surface area contributed by atoms with Gasteiger partial charge in [0.1, 0.15) is 0 Å². The fraction of sp³-hybridized carbons (Fsp3) is 0.471. The van der Waals surface area contributed by atoms with Crippen molar-refractivity contribution in [3.05, 3.63) is 36.5 Å². The molecule has 0 saturated heterocycles. The van der Waals surface area contributed by atoms with Crippen LogP contribution in [0, 0.1) is 0 Å². The van der Waals surface area contributed by atoms with Crippen LogP contribution >= 0.6 is 0 Å². The fourth-order valence-electron chi connectivity index (χ4n) is 2.62. The van der Waals surface area contributed by atoms with Crippen LogP contribution in [0.3, 0.4) is 0 Å². The summed E-state index contributed by atoms with van der Waals surface area (Å²) in [4.78, 5) is 12.0. The van der Waals surface area contributed by atoms with E-state index in [0.29, 0.717) is 13.0 Å². The highest BCUT2D eigenvalue weighted by atomic mass is 16.2. The van der Waals surface area contributed by atoms with Gasteiger partial charge in [-0.3, -0.25) is 4.79 Å². The average Bonchev–Trinajstić information content (AvgIpc) is 2.86. The highest BCUT2D eigenvalue weighted by Crippen LogP contribution is 2.15. The molecule has 0 aliphatic carbocycles. The molecule has 21 heavy (non-hydrogen) atoms. The predicted molar refractivity (Wildman–Crippen MR) is 87.1 cm³/mol. The van der Waals surface area contributed by atoms with Crippen molar-refractivity contribution in [2.24, 2.45) is 5.73 Å². The first-order valence-corrected chi connectivity index (χ1v) is 7.65. The van der Waals surface area contributed by atoms with Crippen molar-refractivity contribution in [3.8, 4) is 0 Å². The van der Waals surface area contributed by atoms with E-state index in [1.54, 1.807) is 6.92 Å². The third-order valence-electron chi connectivity index (χ3n) is 3.83. The number of nitrogens with one attached hydrogen (secondary N) is 1. The number of nitrogens with zero attached hydrogens (tertiary/aromatic N) is 1. The number of benzene rings is 1. The number of para-hydroxylation sites is 1. The molecular weight excluding hydrogens is 262 g/mol. The Morgan fingerprint density at radius 1 is 1.33 bits per heavy atom. The number of hydrogen-bond donors (Lipinski definition) is 2. The Hall–Kier alpha value is -1.81. The topological polar surface area (TPSA) is 60.1 Å². The Balaban J connectivity index is 1.81. The number of carbonyl (C=O) groups excluding carboxylic acids is 1. The van der Waals surface area contributed by atoms with E-state index in [0.717, 1.165) is 19.4 Å². The monoisotopic (exact) mass is 287 g/mol. The van der Waals surface area contributed by atoms with E-state index in [4.69, 9.17) is 5.73 Å². The molecule has 1 amide bonds. The summed E-state index contributed by atoms with van der Waals surface area (Å²) in [6.45, 7) is 5.38. The molecule has 0 saturated carbocycles. The normalized spacial score (nSPS) is 14.0. The van der Waals surface area contributed by atoms with Gasteiger partial charge in [0, 0.05) is 24.8 Å². The Morgan fingerprint density at radius 2 is 2.10 bits per heavy atom. The molecule has 1 heterocycles. The van der Waals surface area contributed by atoms with Gasteiger partial charge in [0.05, 0.1) is 5.54 Å². The molecular formula is C17H25N3O. The Bertz CT molecular complexity index is 601. The fourth-order valence-corrected chi connectivity index (χ4v) is 2.62. The van der Waals surface area contributed by atoms with Crippen LogP contribution in [0.2, 0.25) is 0 Å². The van der Waals surface area contributed by atoms with Crippen LogP contribution in [-0.4, -0.2) is 22.6 Å². The number of amides is 1. The molecule has 1 aromatic carbocycles. The van der Waals surface area contributed by atoms with Gasteiger partial charge in [-0.25, -0.2) is 0 Å². The van der Waals surface area contributed by atoms with Gasteiger partial charge in [-0.1, -0.05) is 31.5 Å². The molecule has 4 heteroatoms. The third-order valence-corrected chi connectivity index (χ3v) is 3.83. The summed E-state index contributed by atoms with van der Waals surface area (Å²) in [6.07, 6.45) is 4.61. The first kappa shape index (κ1) is 15.6. The van der Waals surface area contributed by atoms with Gasteiger partial charge < -0.3 is 15.6 Å². The van der Waals surface area contributed by atoms with E-state index < -0.39 is 5.54 Å². The molecule has 4 nitrogen and oxygen atoms in total. The van der Waals surface area contributed by atoms with Gasteiger partial charge in [-0.2, -0.15) is 0 Å². The second-order valence-corrected chi connectivity index (χ2v) is 5.84. The molecule has 1 atom stereocenters. The van der Waals surface area contributed by atoms with Crippen LogP contribution in [0.5, 0.6) is 0 Å². The zero-order valence-corrected chi connectivity index (χ0v) is 12.9. The maximum absolute atomic E-state index is 12.0. The van der Waals surface area contributed by atoms with Gasteiger partial charge in [-0.05, 0) is 37.3 Å². The summed E-state index contributed by atoms with van der Waals surface area (Å²) in [7, 11) is 0. The molecule has 2 rings (SSSR count). The maximum Gasteiger partial charge on any atom is 0.239 e. The predicted octanol–water partition coefficient (Wildman–Crippen LogP) is 2.67. The number of aryl methyl sites for hydroxylation is 1. The van der Waals surface area contributed by atoms with Crippen LogP contribution in [0.25, 0.3) is 10.9 Å². The van der Waals surface area contributed by atoms with E-state index in [1.165, 1.54) is 10.9 Å². The lowest BCUT2D eigenvalue weighted by Gasteiger charge is -2.22. The minimum atomic E-state index is -0.755. The molecule has 114 valence electrons. The summed E-state index contributed by atoms with van der Waals surface area (Å²) >= 11 is 0. The lowest BCUT2D eigenvalue weighted by molar-refractivity contribution is -0.126. The Kier molecular flexibility index (Phi) is 5.02. The summed E-state index contributed by atoms with van der Waals surface area (Å²) in [5.74, 6) is -0.0540. The molecule has 0 aliphatic heterocycles. The molecule has 3 N–H and O–H groups in total. The molecule has 0 spiro atoms. The van der Waals surface area contributed by atoms with Crippen molar-refractivity contribution in [1.29, 1.82) is 0 Å². The summed E-state index contributed by atoms with van der Waals surface area (Å²) in [5.41, 5.74) is 6.48. The van der Waals surface area contributed by atoms with Gasteiger partial charge >= 0.3 is 0 Å². The first-order valence-electron chi connectivity index (χ1n) is 7.65. The summed E-state index contributed by atoms with van der Waals surface area (Å²) in [6, 6.07) is 10.4. The zero-order valence-electron chi connectivity index (χ0n) is 12.9. The smallest absolute Gasteiger partial charge is 0.239 e. The number of hydrogen-bond acceptors (Lipinski definition) is 2. The highest BCUT2D eigenvalue weighted by Gasteiger charge is 2.26. The molecule has 1 unspecified atom stereocenters. The van der Waals surface area contributed by atoms with Gasteiger partial charge in [-0.15, -0.1) is 0 Å². The number of rotatable bonds is 7. The largest absolute Gasteiger partial charge is 0.354 e. The average molecular weight is 287 g/mol. The number of nitrogens with two attached hydrogens (primary N) is 1. The van der Waals surface area contributed by atoms with E-state index >= 15 is 0 Å². The number of fused-ring (bicyclic) bond motifs is 1. The Morgan fingerprint density at radius 3 is 2.86 bits per heavy atom. The minimum absolute atomic E-state index is 0.0540. The van der Waals surface area contributed by atoms with E-state index in [9.17, 15) is 4.79 Å². The molecule has 0 fully saturated rings. The van der Waals surface area contributed by atoms with Crippen molar-refractivity contribution in [2.75, 3.05) is 6.54 Å². The summed E-state index contributed by atoms with van der Waals surface area (Å²) in [5, 5.41) is 4.19. The van der Waals surface area contributed by atoms with Crippen LogP contribution in [0.15, 0.2) is 36.5 Å². The van der Waals surface area contributed by atoms with Crippen molar-refractivity contribution in [2.45, 2.75) is 45.2 Å². The van der Waals surface area contributed by atoms with E-state index in [1.807, 2.05) is 19.1 Å². The lowest BCUT2D eigenvalue weighted by Crippen LogP contribution is -2.51.